The number of hydrogen-bond donors (Lipinski definition) is 1. The average Bonchev–Trinajstić information content (AvgIpc) is 2.94. The summed E-state index contributed by atoms with van der Waals surface area (Å²) in [4.78, 5) is 79.6. The van der Waals surface area contributed by atoms with Crippen molar-refractivity contribution < 1.29 is 63.1 Å². The predicted octanol–water partition coefficient (Wildman–Crippen LogP) is 2.35. The molecule has 0 aliphatic rings. The van der Waals surface area contributed by atoms with E-state index in [4.69, 9.17) is 18.9 Å². The number of nitrogens with one attached hydrogen (secondary N) is 1. The van der Waals surface area contributed by atoms with Gasteiger partial charge in [0, 0.05) is 6.42 Å². The highest BCUT2D eigenvalue weighted by Crippen LogP contribution is 2.15. The van der Waals surface area contributed by atoms with Crippen molar-refractivity contribution in [3.05, 3.63) is 60.2 Å². The fourth-order valence-electron chi connectivity index (χ4n) is 3.06. The van der Waals surface area contributed by atoms with Crippen LogP contribution in [-0.2, 0) is 39.9 Å². The van der Waals surface area contributed by atoms with Crippen molar-refractivity contribution >= 4 is 18.2 Å². The quantitative estimate of drug-likeness (QED) is 0.0459. The molecule has 1 aromatic carbocycles. The van der Waals surface area contributed by atoms with Gasteiger partial charge in [0.2, 0.25) is 0 Å². The number of alkyl carbamates (subject to hydrolysis) is 1. The first-order valence-corrected chi connectivity index (χ1v) is 12.9. The molecule has 20 heteroatoms. The molecule has 1 unspecified atom stereocenters. The van der Waals surface area contributed by atoms with Gasteiger partial charge >= 0.3 is 18.2 Å². The lowest BCUT2D eigenvalue weighted by Gasteiger charge is -2.18. The van der Waals surface area contributed by atoms with Crippen molar-refractivity contribution in [3.63, 3.8) is 0 Å². The first-order chi connectivity index (χ1) is 20.6. The average molecular weight is 621 g/mol. The molecular weight excluding hydrogens is 588 g/mol. The van der Waals surface area contributed by atoms with Gasteiger partial charge in [-0.1, -0.05) is 12.1 Å². The smallest absolute Gasteiger partial charge is 0.464 e. The minimum atomic E-state index is -1.20. The summed E-state index contributed by atoms with van der Waals surface area (Å²) >= 11 is 0. The van der Waals surface area contributed by atoms with E-state index in [1.165, 1.54) is 24.3 Å². The molecule has 0 saturated heterocycles. The highest BCUT2D eigenvalue weighted by Gasteiger charge is 2.24. The van der Waals surface area contributed by atoms with E-state index < -0.39 is 39.5 Å². The van der Waals surface area contributed by atoms with Gasteiger partial charge in [-0.2, -0.15) is 0 Å². The van der Waals surface area contributed by atoms with E-state index in [0.717, 1.165) is 0 Å². The predicted molar refractivity (Wildman–Crippen MR) is 138 cm³/mol. The van der Waals surface area contributed by atoms with E-state index in [9.17, 15) is 44.7 Å². The van der Waals surface area contributed by atoms with Gasteiger partial charge in [-0.25, -0.2) is 14.4 Å². The van der Waals surface area contributed by atoms with Gasteiger partial charge in [-0.15, -0.1) is 30.3 Å². The number of unbranched alkanes of at least 4 members (excludes halogenated alkanes) is 3. The molecule has 0 spiro atoms. The Balaban J connectivity index is 2.60. The van der Waals surface area contributed by atoms with Crippen LogP contribution in [0.3, 0.4) is 0 Å². The van der Waals surface area contributed by atoms with Crippen LogP contribution in [-0.4, -0.2) is 79.2 Å². The molecule has 0 fully saturated rings. The fraction of sp³-hybridized carbons (Fsp3) is 0.609. The van der Waals surface area contributed by atoms with Crippen molar-refractivity contribution in [2.24, 2.45) is 0 Å². The lowest BCUT2D eigenvalue weighted by molar-refractivity contribution is -0.757. The van der Waals surface area contributed by atoms with Gasteiger partial charge in [0.25, 0.3) is 15.3 Å². The second kappa shape index (κ2) is 21.6. The zero-order valence-electron chi connectivity index (χ0n) is 23.0. The fourth-order valence-corrected chi connectivity index (χ4v) is 3.06. The number of nitrogens with zero attached hydrogens (tertiary/aromatic N) is 3. The second-order valence-corrected chi connectivity index (χ2v) is 8.34. The number of rotatable bonds is 23. The molecule has 0 heterocycles. The minimum Gasteiger partial charge on any atom is -0.464 e. The Labute approximate surface area is 243 Å². The van der Waals surface area contributed by atoms with E-state index in [-0.39, 0.29) is 77.5 Å². The summed E-state index contributed by atoms with van der Waals surface area (Å²) in [6.07, 6.45) is -0.353. The van der Waals surface area contributed by atoms with Gasteiger partial charge in [-0.3, -0.25) is 0 Å². The van der Waals surface area contributed by atoms with Crippen LogP contribution in [0.15, 0.2) is 24.3 Å². The molecule has 1 rings (SSSR count). The molecule has 0 aliphatic heterocycles. The third-order valence-corrected chi connectivity index (χ3v) is 5.04. The number of carbonyl (C=O) groups excluding carboxylic acids is 3. The molecule has 1 amide bonds. The molecule has 0 radical (unpaired) electrons. The maximum atomic E-state index is 12.7. The summed E-state index contributed by atoms with van der Waals surface area (Å²) < 4.78 is 20.1. The van der Waals surface area contributed by atoms with Gasteiger partial charge in [-0.05, 0) is 56.2 Å². The van der Waals surface area contributed by atoms with E-state index in [1.807, 2.05) is 0 Å². The van der Waals surface area contributed by atoms with Crippen LogP contribution in [0.5, 0.6) is 5.75 Å². The van der Waals surface area contributed by atoms with Gasteiger partial charge in [0.15, 0.2) is 0 Å². The SMILES string of the molecule is O=C(NC(Cc1ccc(OC(=O)OCCCCO[N+](=O)[O-])cc1)C(=O)OCCCCO[N+](=O)[O-])OCCCCO[N+](=O)[O-]. The highest BCUT2D eigenvalue weighted by molar-refractivity contribution is 5.81. The van der Waals surface area contributed by atoms with Crippen LogP contribution in [0.2, 0.25) is 0 Å². The zero-order valence-corrected chi connectivity index (χ0v) is 23.0. The van der Waals surface area contributed by atoms with Crippen molar-refractivity contribution in [2.75, 3.05) is 39.6 Å². The first kappa shape index (κ1) is 35.9. The number of hydrogen-bond acceptors (Lipinski definition) is 16. The maximum absolute atomic E-state index is 12.7. The van der Waals surface area contributed by atoms with E-state index in [0.29, 0.717) is 18.4 Å². The van der Waals surface area contributed by atoms with Gasteiger partial charge in [0.05, 0.1) is 39.6 Å². The standard InChI is InChI=1S/C23H32N4O16/c28-21(37-11-1-4-14-40-25(31)32)20(24-22(29)38-12-2-5-15-41-26(33)34)17-18-7-9-19(10-8-18)43-23(30)39-13-3-6-16-42-27(35)36/h7-10,20H,1-6,11-17H2,(H,24,29). The number of carbonyl (C=O) groups is 3. The molecule has 240 valence electrons. The molecule has 0 saturated carbocycles. The van der Waals surface area contributed by atoms with Crippen molar-refractivity contribution in [2.45, 2.75) is 51.0 Å². The third-order valence-electron chi connectivity index (χ3n) is 5.04. The van der Waals surface area contributed by atoms with E-state index in [1.54, 1.807) is 0 Å². The number of ether oxygens (including phenoxy) is 4. The van der Waals surface area contributed by atoms with E-state index in [2.05, 4.69) is 19.8 Å². The van der Waals surface area contributed by atoms with Crippen LogP contribution in [0.4, 0.5) is 9.59 Å². The van der Waals surface area contributed by atoms with Crippen LogP contribution in [0, 0.1) is 30.3 Å². The lowest BCUT2D eigenvalue weighted by Crippen LogP contribution is -2.43. The lowest BCUT2D eigenvalue weighted by atomic mass is 10.1. The molecule has 20 nitrogen and oxygen atoms in total. The number of esters is 1. The highest BCUT2D eigenvalue weighted by atomic mass is 17.0. The minimum absolute atomic E-state index is 0.0427. The molecule has 0 aromatic heterocycles. The first-order valence-electron chi connectivity index (χ1n) is 12.9. The van der Waals surface area contributed by atoms with Crippen molar-refractivity contribution in [3.8, 4) is 5.75 Å². The molecule has 0 bridgehead atoms. The molecule has 0 aliphatic carbocycles. The third kappa shape index (κ3) is 19.5. The molecule has 1 aromatic rings. The number of amides is 1. The Morgan fingerprint density at radius 1 is 0.651 bits per heavy atom. The Kier molecular flexibility index (Phi) is 18.0. The Morgan fingerprint density at radius 3 is 1.58 bits per heavy atom. The van der Waals surface area contributed by atoms with Crippen LogP contribution < -0.4 is 10.1 Å². The summed E-state index contributed by atoms with van der Waals surface area (Å²) in [5.41, 5.74) is 0.532. The van der Waals surface area contributed by atoms with Crippen LogP contribution >= 0.6 is 0 Å². The van der Waals surface area contributed by atoms with Crippen molar-refractivity contribution in [1.82, 2.24) is 5.32 Å². The van der Waals surface area contributed by atoms with E-state index >= 15 is 0 Å². The van der Waals surface area contributed by atoms with Crippen molar-refractivity contribution in [1.29, 1.82) is 0 Å². The normalized spacial score (nSPS) is 10.9. The Bertz CT molecular complexity index is 1040. The Hall–Kier alpha value is -5.17. The summed E-state index contributed by atoms with van der Waals surface area (Å²) in [5.74, 6) is -0.686. The van der Waals surface area contributed by atoms with Gasteiger partial charge in [0.1, 0.15) is 11.8 Å². The zero-order chi connectivity index (χ0) is 31.9. The molecular formula is C23H32N4O16. The topological polar surface area (TPSA) is 257 Å². The number of benzene rings is 1. The van der Waals surface area contributed by atoms with Gasteiger partial charge < -0.3 is 38.8 Å². The summed E-state index contributed by atoms with van der Waals surface area (Å²) in [6.45, 7) is -0.709. The summed E-state index contributed by atoms with van der Waals surface area (Å²) in [6, 6.07) is 4.69. The largest absolute Gasteiger partial charge is 0.513 e. The Morgan fingerprint density at radius 2 is 1.09 bits per heavy atom. The summed E-state index contributed by atoms with van der Waals surface area (Å²) in [7, 11) is 0. The van der Waals surface area contributed by atoms with Crippen LogP contribution in [0.1, 0.15) is 44.1 Å². The maximum Gasteiger partial charge on any atom is 0.513 e. The monoisotopic (exact) mass is 620 g/mol. The molecule has 43 heavy (non-hydrogen) atoms. The second-order valence-electron chi connectivity index (χ2n) is 8.34. The summed E-state index contributed by atoms with van der Waals surface area (Å²) in [5, 5.41) is 30.0. The molecule has 1 N–H and O–H groups in total. The molecule has 1 atom stereocenters. The van der Waals surface area contributed by atoms with Crippen LogP contribution in [0.25, 0.3) is 0 Å².